The number of carbonyl (C=O) groups excluding carboxylic acids is 1. The summed E-state index contributed by atoms with van der Waals surface area (Å²) in [7, 11) is 0. The fourth-order valence-electron chi connectivity index (χ4n) is 2.12. The summed E-state index contributed by atoms with van der Waals surface area (Å²) >= 11 is 11.8. The zero-order valence-electron chi connectivity index (χ0n) is 10.1. The number of fused-ring (bicyclic) bond motifs is 1. The second-order valence-corrected chi connectivity index (χ2v) is 5.25. The number of ketones is 1. The minimum Gasteiger partial charge on any atom is -0.360 e. The summed E-state index contributed by atoms with van der Waals surface area (Å²) in [5, 5.41) is 1.30. The Labute approximate surface area is 124 Å². The van der Waals surface area contributed by atoms with Gasteiger partial charge in [0.2, 0.25) is 0 Å². The average Bonchev–Trinajstić information content (AvgIpc) is 2.79. The van der Waals surface area contributed by atoms with E-state index in [9.17, 15) is 9.18 Å². The number of nitrogens with one attached hydrogen (secondary N) is 1. The van der Waals surface area contributed by atoms with Crippen LogP contribution in [0.1, 0.15) is 15.9 Å². The standard InChI is InChI=1S/C15H8Cl2FNO/c16-9-3-8(4-10(17)5-9)15(20)13-7-19-14-2-1-11(18)6-12(13)14/h1-7,19H. The van der Waals surface area contributed by atoms with Crippen molar-refractivity contribution in [2.75, 3.05) is 0 Å². The largest absolute Gasteiger partial charge is 0.360 e. The Bertz CT molecular complexity index is 806. The predicted octanol–water partition coefficient (Wildman–Crippen LogP) is 4.84. The van der Waals surface area contributed by atoms with Gasteiger partial charge in [-0.2, -0.15) is 0 Å². The van der Waals surface area contributed by atoms with Gasteiger partial charge in [0, 0.05) is 38.3 Å². The lowest BCUT2D eigenvalue weighted by Crippen LogP contribution is -2.00. The number of hydrogen-bond donors (Lipinski definition) is 1. The minimum absolute atomic E-state index is 0.258. The molecule has 0 saturated heterocycles. The fourth-order valence-corrected chi connectivity index (χ4v) is 2.65. The number of hydrogen-bond acceptors (Lipinski definition) is 1. The second kappa shape index (κ2) is 4.93. The molecule has 3 rings (SSSR count). The molecule has 0 aliphatic heterocycles. The van der Waals surface area contributed by atoms with E-state index in [1.807, 2.05) is 0 Å². The van der Waals surface area contributed by atoms with Crippen molar-refractivity contribution in [3.63, 3.8) is 0 Å². The molecule has 0 atom stereocenters. The molecule has 1 aromatic heterocycles. The molecule has 2 nitrogen and oxygen atoms in total. The first-order chi connectivity index (χ1) is 9.54. The Morgan fingerprint density at radius 3 is 2.45 bits per heavy atom. The van der Waals surface area contributed by atoms with E-state index in [-0.39, 0.29) is 5.78 Å². The summed E-state index contributed by atoms with van der Waals surface area (Å²) < 4.78 is 13.3. The maximum atomic E-state index is 13.3. The van der Waals surface area contributed by atoms with Crippen LogP contribution in [0.3, 0.4) is 0 Å². The first-order valence-corrected chi connectivity index (χ1v) is 6.57. The van der Waals surface area contributed by atoms with E-state index in [0.29, 0.717) is 32.1 Å². The van der Waals surface area contributed by atoms with Crippen LogP contribution >= 0.6 is 23.2 Å². The van der Waals surface area contributed by atoms with Gasteiger partial charge in [-0.15, -0.1) is 0 Å². The van der Waals surface area contributed by atoms with Gasteiger partial charge < -0.3 is 4.98 Å². The predicted molar refractivity (Wildman–Crippen MR) is 78.2 cm³/mol. The third-order valence-corrected chi connectivity index (χ3v) is 3.45. The highest BCUT2D eigenvalue weighted by molar-refractivity contribution is 6.35. The molecule has 0 aliphatic carbocycles. The normalized spacial score (nSPS) is 10.9. The molecule has 0 bridgehead atoms. The van der Waals surface area contributed by atoms with Gasteiger partial charge >= 0.3 is 0 Å². The van der Waals surface area contributed by atoms with E-state index in [0.717, 1.165) is 0 Å². The number of aromatic amines is 1. The van der Waals surface area contributed by atoms with Crippen LogP contribution in [0, 0.1) is 5.82 Å². The molecule has 0 radical (unpaired) electrons. The Hall–Kier alpha value is -1.84. The highest BCUT2D eigenvalue weighted by atomic mass is 35.5. The van der Waals surface area contributed by atoms with E-state index < -0.39 is 5.82 Å². The van der Waals surface area contributed by atoms with Crippen molar-refractivity contribution < 1.29 is 9.18 Å². The van der Waals surface area contributed by atoms with Crippen LogP contribution in [-0.4, -0.2) is 10.8 Å². The Morgan fingerprint density at radius 1 is 1.05 bits per heavy atom. The van der Waals surface area contributed by atoms with E-state index in [2.05, 4.69) is 4.98 Å². The number of rotatable bonds is 2. The summed E-state index contributed by atoms with van der Waals surface area (Å²) in [6.07, 6.45) is 1.56. The van der Waals surface area contributed by atoms with Crippen LogP contribution in [0.15, 0.2) is 42.6 Å². The Balaban J connectivity index is 2.15. The van der Waals surface area contributed by atoms with Crippen LogP contribution in [-0.2, 0) is 0 Å². The van der Waals surface area contributed by atoms with Gasteiger partial charge in [0.25, 0.3) is 0 Å². The van der Waals surface area contributed by atoms with Crippen molar-refractivity contribution in [3.05, 3.63) is 69.6 Å². The molecule has 3 aromatic rings. The monoisotopic (exact) mass is 307 g/mol. The molecule has 0 saturated carbocycles. The zero-order valence-corrected chi connectivity index (χ0v) is 11.6. The van der Waals surface area contributed by atoms with Crippen LogP contribution in [0.2, 0.25) is 10.0 Å². The van der Waals surface area contributed by atoms with E-state index >= 15 is 0 Å². The van der Waals surface area contributed by atoms with Crippen LogP contribution in [0.4, 0.5) is 4.39 Å². The maximum Gasteiger partial charge on any atom is 0.195 e. The van der Waals surface area contributed by atoms with Gasteiger partial charge in [-0.25, -0.2) is 4.39 Å². The SMILES string of the molecule is O=C(c1cc(Cl)cc(Cl)c1)c1c[nH]c2ccc(F)cc12. The van der Waals surface area contributed by atoms with Gasteiger partial charge in [0.05, 0.1) is 0 Å². The number of halogens is 3. The smallest absolute Gasteiger partial charge is 0.195 e. The molecular weight excluding hydrogens is 300 g/mol. The minimum atomic E-state index is -0.393. The number of benzene rings is 2. The summed E-state index contributed by atoms with van der Waals surface area (Å²) in [6.45, 7) is 0. The fraction of sp³-hybridized carbons (Fsp3) is 0. The summed E-state index contributed by atoms with van der Waals surface area (Å²) in [6, 6.07) is 8.87. The molecule has 1 N–H and O–H groups in total. The van der Waals surface area contributed by atoms with Gasteiger partial charge in [-0.05, 0) is 36.4 Å². The molecule has 0 fully saturated rings. The molecule has 1 heterocycles. The maximum absolute atomic E-state index is 13.3. The highest BCUT2D eigenvalue weighted by Crippen LogP contribution is 2.25. The lowest BCUT2D eigenvalue weighted by Gasteiger charge is -2.02. The third kappa shape index (κ3) is 2.30. The number of aromatic nitrogens is 1. The molecule has 5 heteroatoms. The van der Waals surface area contributed by atoms with Crippen LogP contribution in [0.25, 0.3) is 10.9 Å². The van der Waals surface area contributed by atoms with Crippen LogP contribution in [0.5, 0.6) is 0 Å². The van der Waals surface area contributed by atoms with Crippen molar-refractivity contribution in [3.8, 4) is 0 Å². The number of carbonyl (C=O) groups is 1. The van der Waals surface area contributed by atoms with Crippen molar-refractivity contribution in [2.45, 2.75) is 0 Å². The van der Waals surface area contributed by atoms with E-state index in [1.165, 1.54) is 24.3 Å². The molecule has 0 amide bonds. The lowest BCUT2D eigenvalue weighted by atomic mass is 10.0. The second-order valence-electron chi connectivity index (χ2n) is 4.38. The van der Waals surface area contributed by atoms with Crippen molar-refractivity contribution >= 4 is 39.9 Å². The van der Waals surface area contributed by atoms with Gasteiger partial charge in [-0.1, -0.05) is 23.2 Å². The summed E-state index contributed by atoms with van der Waals surface area (Å²) in [5.41, 5.74) is 1.45. The molecule has 20 heavy (non-hydrogen) atoms. The zero-order chi connectivity index (χ0) is 14.3. The Morgan fingerprint density at radius 2 is 1.75 bits per heavy atom. The molecule has 2 aromatic carbocycles. The summed E-state index contributed by atoms with van der Waals surface area (Å²) in [5.74, 6) is -0.651. The van der Waals surface area contributed by atoms with Crippen molar-refractivity contribution in [1.82, 2.24) is 4.98 Å². The van der Waals surface area contributed by atoms with E-state index in [1.54, 1.807) is 18.3 Å². The lowest BCUT2D eigenvalue weighted by molar-refractivity contribution is 0.104. The average molecular weight is 308 g/mol. The molecule has 0 spiro atoms. The number of H-pyrrole nitrogens is 1. The summed E-state index contributed by atoms with van der Waals surface area (Å²) in [4.78, 5) is 15.4. The molecule has 0 unspecified atom stereocenters. The highest BCUT2D eigenvalue weighted by Gasteiger charge is 2.15. The van der Waals surface area contributed by atoms with Crippen LogP contribution < -0.4 is 0 Å². The molecular formula is C15H8Cl2FNO. The van der Waals surface area contributed by atoms with E-state index in [4.69, 9.17) is 23.2 Å². The Kier molecular flexibility index (Phi) is 3.24. The first kappa shape index (κ1) is 13.2. The topological polar surface area (TPSA) is 32.9 Å². The van der Waals surface area contributed by atoms with Gasteiger partial charge in [0.1, 0.15) is 5.82 Å². The van der Waals surface area contributed by atoms with Crippen molar-refractivity contribution in [2.24, 2.45) is 0 Å². The van der Waals surface area contributed by atoms with Crippen molar-refractivity contribution in [1.29, 1.82) is 0 Å². The molecule has 0 aliphatic rings. The first-order valence-electron chi connectivity index (χ1n) is 5.82. The molecule has 100 valence electrons. The van der Waals surface area contributed by atoms with Gasteiger partial charge in [-0.3, -0.25) is 4.79 Å². The third-order valence-electron chi connectivity index (χ3n) is 3.01. The van der Waals surface area contributed by atoms with Gasteiger partial charge in [0.15, 0.2) is 5.78 Å². The quantitative estimate of drug-likeness (QED) is 0.675.